The molecule has 1 heterocycles. The van der Waals surface area contributed by atoms with Gasteiger partial charge in [-0.3, -0.25) is 0 Å². The fourth-order valence-corrected chi connectivity index (χ4v) is 1.89. The molecule has 100 valence electrons. The van der Waals surface area contributed by atoms with Crippen LogP contribution in [0.2, 0.25) is 0 Å². The number of hydrogen-bond donors (Lipinski definition) is 1. The molecule has 0 bridgehead atoms. The van der Waals surface area contributed by atoms with Crippen LogP contribution in [0.1, 0.15) is 18.4 Å². The van der Waals surface area contributed by atoms with Crippen LogP contribution in [0.5, 0.6) is 0 Å². The van der Waals surface area contributed by atoms with E-state index in [-0.39, 0.29) is 11.8 Å². The molecule has 0 aliphatic carbocycles. The Bertz CT molecular complexity index is 413. The van der Waals surface area contributed by atoms with Crippen molar-refractivity contribution in [3.8, 4) is 0 Å². The lowest BCUT2D eigenvalue weighted by molar-refractivity contribution is -0.139. The fourth-order valence-electron chi connectivity index (χ4n) is 1.89. The van der Waals surface area contributed by atoms with E-state index in [1.54, 1.807) is 0 Å². The van der Waals surface area contributed by atoms with Gasteiger partial charge < -0.3 is 10.1 Å². The Kier molecular flexibility index (Phi) is 3.75. The number of anilines is 1. The molecule has 1 aromatic rings. The maximum absolute atomic E-state index is 13.0. The normalized spacial score (nSPS) is 20.1. The molecule has 1 fully saturated rings. The second kappa shape index (κ2) is 5.14. The van der Waals surface area contributed by atoms with E-state index in [0.29, 0.717) is 13.2 Å². The number of hydrogen-bond acceptors (Lipinski definition) is 2. The van der Waals surface area contributed by atoms with Crippen molar-refractivity contribution in [2.24, 2.45) is 0 Å². The SMILES string of the molecule is Fc1ccc(NCC2CCCO2)cc1C(F)(F)F. The predicted octanol–water partition coefficient (Wildman–Crippen LogP) is 3.44. The van der Waals surface area contributed by atoms with E-state index in [1.165, 1.54) is 6.07 Å². The fraction of sp³-hybridized carbons (Fsp3) is 0.500. The summed E-state index contributed by atoms with van der Waals surface area (Å²) in [5, 5.41) is 2.83. The summed E-state index contributed by atoms with van der Waals surface area (Å²) in [6.45, 7) is 1.12. The lowest BCUT2D eigenvalue weighted by atomic mass is 10.1. The van der Waals surface area contributed by atoms with E-state index in [4.69, 9.17) is 4.74 Å². The number of alkyl halides is 3. The van der Waals surface area contributed by atoms with Crippen LogP contribution in [0, 0.1) is 5.82 Å². The third-order valence-electron chi connectivity index (χ3n) is 2.83. The number of halogens is 4. The summed E-state index contributed by atoms with van der Waals surface area (Å²) in [6, 6.07) is 2.89. The van der Waals surface area contributed by atoms with Gasteiger partial charge in [-0.1, -0.05) is 0 Å². The van der Waals surface area contributed by atoms with Crippen molar-refractivity contribution >= 4 is 5.69 Å². The van der Waals surface area contributed by atoms with Gasteiger partial charge in [-0.05, 0) is 31.0 Å². The molecule has 1 saturated heterocycles. The van der Waals surface area contributed by atoms with Crippen molar-refractivity contribution in [3.05, 3.63) is 29.6 Å². The molecule has 0 spiro atoms. The quantitative estimate of drug-likeness (QED) is 0.843. The van der Waals surface area contributed by atoms with Crippen LogP contribution < -0.4 is 5.32 Å². The Labute approximate surface area is 102 Å². The van der Waals surface area contributed by atoms with Crippen LogP contribution in [-0.2, 0) is 10.9 Å². The number of rotatable bonds is 3. The van der Waals surface area contributed by atoms with Crippen LogP contribution in [0.25, 0.3) is 0 Å². The van der Waals surface area contributed by atoms with Gasteiger partial charge in [-0.25, -0.2) is 4.39 Å². The predicted molar refractivity (Wildman–Crippen MR) is 58.9 cm³/mol. The first kappa shape index (κ1) is 13.1. The summed E-state index contributed by atoms with van der Waals surface area (Å²) >= 11 is 0. The lowest BCUT2D eigenvalue weighted by Crippen LogP contribution is -2.19. The van der Waals surface area contributed by atoms with E-state index in [0.717, 1.165) is 25.0 Å². The summed E-state index contributed by atoms with van der Waals surface area (Å²) in [4.78, 5) is 0. The second-order valence-electron chi connectivity index (χ2n) is 4.21. The van der Waals surface area contributed by atoms with Crippen molar-refractivity contribution in [2.45, 2.75) is 25.1 Å². The van der Waals surface area contributed by atoms with Crippen LogP contribution in [0.15, 0.2) is 18.2 Å². The largest absolute Gasteiger partial charge is 0.419 e. The first-order valence-electron chi connectivity index (χ1n) is 5.69. The van der Waals surface area contributed by atoms with Gasteiger partial charge in [-0.15, -0.1) is 0 Å². The smallest absolute Gasteiger partial charge is 0.382 e. The molecule has 0 radical (unpaired) electrons. The maximum atomic E-state index is 13.0. The van der Waals surface area contributed by atoms with Crippen LogP contribution in [0.4, 0.5) is 23.2 Å². The highest BCUT2D eigenvalue weighted by Crippen LogP contribution is 2.33. The standard InChI is InChI=1S/C12H13F4NO/c13-11-4-3-8(6-10(11)12(14,15)16)17-7-9-2-1-5-18-9/h3-4,6,9,17H,1-2,5,7H2. The van der Waals surface area contributed by atoms with Crippen molar-refractivity contribution in [1.29, 1.82) is 0 Å². The lowest BCUT2D eigenvalue weighted by Gasteiger charge is -2.14. The Morgan fingerprint density at radius 1 is 1.33 bits per heavy atom. The highest BCUT2D eigenvalue weighted by molar-refractivity contribution is 5.47. The summed E-state index contributed by atoms with van der Waals surface area (Å²) in [6.07, 6.45) is -2.81. The van der Waals surface area contributed by atoms with Crippen LogP contribution >= 0.6 is 0 Å². The minimum Gasteiger partial charge on any atom is -0.382 e. The van der Waals surface area contributed by atoms with E-state index in [9.17, 15) is 17.6 Å². The number of ether oxygens (including phenoxy) is 1. The molecular formula is C12H13F4NO. The molecule has 1 aliphatic heterocycles. The second-order valence-corrected chi connectivity index (χ2v) is 4.21. The topological polar surface area (TPSA) is 21.3 Å². The van der Waals surface area contributed by atoms with Gasteiger partial charge in [0.05, 0.1) is 11.7 Å². The Morgan fingerprint density at radius 3 is 2.72 bits per heavy atom. The first-order valence-corrected chi connectivity index (χ1v) is 5.69. The number of benzene rings is 1. The minimum atomic E-state index is -4.67. The van der Waals surface area contributed by atoms with Gasteiger partial charge in [0.25, 0.3) is 0 Å². The van der Waals surface area contributed by atoms with Crippen molar-refractivity contribution in [2.75, 3.05) is 18.5 Å². The van der Waals surface area contributed by atoms with Crippen molar-refractivity contribution < 1.29 is 22.3 Å². The van der Waals surface area contributed by atoms with E-state index >= 15 is 0 Å². The van der Waals surface area contributed by atoms with E-state index < -0.39 is 17.6 Å². The van der Waals surface area contributed by atoms with Gasteiger partial charge >= 0.3 is 6.18 Å². The van der Waals surface area contributed by atoms with E-state index in [1.807, 2.05) is 0 Å². The van der Waals surface area contributed by atoms with Gasteiger partial charge in [-0.2, -0.15) is 13.2 Å². The van der Waals surface area contributed by atoms with Crippen molar-refractivity contribution in [3.63, 3.8) is 0 Å². The average molecular weight is 263 g/mol. The number of nitrogens with one attached hydrogen (secondary N) is 1. The van der Waals surface area contributed by atoms with Gasteiger partial charge in [0.15, 0.2) is 0 Å². The summed E-state index contributed by atoms with van der Waals surface area (Å²) < 4.78 is 55.8. The van der Waals surface area contributed by atoms with Gasteiger partial charge in [0.2, 0.25) is 0 Å². The first-order chi connectivity index (χ1) is 8.47. The molecular weight excluding hydrogens is 250 g/mol. The zero-order valence-corrected chi connectivity index (χ0v) is 9.56. The molecule has 6 heteroatoms. The molecule has 18 heavy (non-hydrogen) atoms. The zero-order chi connectivity index (χ0) is 13.2. The summed E-state index contributed by atoms with van der Waals surface area (Å²) in [5.74, 6) is -1.26. The van der Waals surface area contributed by atoms with Crippen LogP contribution in [0.3, 0.4) is 0 Å². The van der Waals surface area contributed by atoms with Crippen LogP contribution in [-0.4, -0.2) is 19.3 Å². The molecule has 1 atom stereocenters. The van der Waals surface area contributed by atoms with Crippen molar-refractivity contribution in [1.82, 2.24) is 0 Å². The molecule has 1 aliphatic rings. The zero-order valence-electron chi connectivity index (χ0n) is 9.56. The Hall–Kier alpha value is -1.30. The maximum Gasteiger partial charge on any atom is 0.419 e. The molecule has 0 amide bonds. The molecule has 1 aromatic carbocycles. The minimum absolute atomic E-state index is 0.0180. The molecule has 0 saturated carbocycles. The molecule has 1 N–H and O–H groups in total. The molecule has 2 rings (SSSR count). The molecule has 2 nitrogen and oxygen atoms in total. The highest BCUT2D eigenvalue weighted by Gasteiger charge is 2.34. The highest BCUT2D eigenvalue weighted by atomic mass is 19.4. The average Bonchev–Trinajstić information content (AvgIpc) is 2.79. The van der Waals surface area contributed by atoms with E-state index in [2.05, 4.69) is 5.32 Å². The third-order valence-corrected chi connectivity index (χ3v) is 2.83. The third kappa shape index (κ3) is 3.13. The molecule has 0 aromatic heterocycles. The monoisotopic (exact) mass is 263 g/mol. The Morgan fingerprint density at radius 2 is 2.11 bits per heavy atom. The Balaban J connectivity index is 2.04. The van der Waals surface area contributed by atoms with Gasteiger partial charge in [0.1, 0.15) is 5.82 Å². The van der Waals surface area contributed by atoms with Gasteiger partial charge in [0, 0.05) is 18.8 Å². The molecule has 1 unspecified atom stereocenters. The summed E-state index contributed by atoms with van der Waals surface area (Å²) in [5.41, 5.74) is -1.00. The summed E-state index contributed by atoms with van der Waals surface area (Å²) in [7, 11) is 0.